The Kier molecular flexibility index (Phi) is 3.35. The third-order valence-electron chi connectivity index (χ3n) is 3.76. The molecular formula is C14H16FNO4. The predicted octanol–water partition coefficient (Wildman–Crippen LogP) is 1.87. The highest BCUT2D eigenvalue weighted by Crippen LogP contribution is 2.34. The van der Waals surface area contributed by atoms with E-state index in [2.05, 4.69) is 0 Å². The number of carboxylic acid groups (broad SMARTS) is 1. The van der Waals surface area contributed by atoms with Crippen molar-refractivity contribution in [3.8, 4) is 0 Å². The maximum atomic E-state index is 13.2. The van der Waals surface area contributed by atoms with Crippen LogP contribution in [0.5, 0.6) is 0 Å². The Morgan fingerprint density at radius 2 is 2.10 bits per heavy atom. The van der Waals surface area contributed by atoms with Crippen LogP contribution in [0.1, 0.15) is 23.2 Å². The SMILES string of the molecule is O=C(O)c1cc(F)ccc1N1CCCC2(C1)OCCO2. The zero-order valence-corrected chi connectivity index (χ0v) is 11.0. The van der Waals surface area contributed by atoms with Crippen LogP contribution in [0.3, 0.4) is 0 Å². The average molecular weight is 281 g/mol. The minimum atomic E-state index is -1.13. The number of hydrogen-bond acceptors (Lipinski definition) is 4. The molecule has 0 aromatic heterocycles. The maximum Gasteiger partial charge on any atom is 0.337 e. The van der Waals surface area contributed by atoms with Crippen LogP contribution >= 0.6 is 0 Å². The molecule has 2 aliphatic rings. The summed E-state index contributed by atoms with van der Waals surface area (Å²) in [5.74, 6) is -2.32. The van der Waals surface area contributed by atoms with E-state index in [1.54, 1.807) is 0 Å². The molecule has 0 amide bonds. The molecule has 5 nitrogen and oxygen atoms in total. The van der Waals surface area contributed by atoms with Crippen LogP contribution in [0.25, 0.3) is 0 Å². The molecule has 1 spiro atoms. The molecule has 0 bridgehead atoms. The molecule has 2 aliphatic heterocycles. The fourth-order valence-electron chi connectivity index (χ4n) is 2.88. The van der Waals surface area contributed by atoms with Crippen LogP contribution in [0.4, 0.5) is 10.1 Å². The molecule has 0 unspecified atom stereocenters. The van der Waals surface area contributed by atoms with Gasteiger partial charge < -0.3 is 19.5 Å². The number of halogens is 1. The Morgan fingerprint density at radius 3 is 2.80 bits per heavy atom. The van der Waals surface area contributed by atoms with Crippen molar-refractivity contribution < 1.29 is 23.8 Å². The standard InChI is InChI=1S/C14H16FNO4/c15-10-2-3-12(11(8-10)13(17)18)16-5-1-4-14(9-16)19-6-7-20-14/h2-3,8H,1,4-7,9H2,(H,17,18). The third kappa shape index (κ3) is 2.36. The highest BCUT2D eigenvalue weighted by Gasteiger charge is 2.41. The number of anilines is 1. The zero-order valence-electron chi connectivity index (χ0n) is 11.0. The summed E-state index contributed by atoms with van der Waals surface area (Å²) in [4.78, 5) is 13.2. The number of carbonyl (C=O) groups is 1. The summed E-state index contributed by atoms with van der Waals surface area (Å²) in [5, 5.41) is 9.22. The summed E-state index contributed by atoms with van der Waals surface area (Å²) < 4.78 is 24.6. The van der Waals surface area contributed by atoms with Gasteiger partial charge in [-0.2, -0.15) is 0 Å². The Hall–Kier alpha value is -1.66. The third-order valence-corrected chi connectivity index (χ3v) is 3.76. The van der Waals surface area contributed by atoms with Gasteiger partial charge >= 0.3 is 5.97 Å². The Balaban J connectivity index is 1.90. The predicted molar refractivity (Wildman–Crippen MR) is 69.4 cm³/mol. The van der Waals surface area contributed by atoms with Crippen molar-refractivity contribution in [2.45, 2.75) is 18.6 Å². The van der Waals surface area contributed by atoms with Gasteiger partial charge in [0, 0.05) is 13.0 Å². The molecule has 108 valence electrons. The molecule has 0 aliphatic carbocycles. The number of aromatic carboxylic acids is 1. The van der Waals surface area contributed by atoms with Crippen LogP contribution in [0.2, 0.25) is 0 Å². The Labute approximate surface area is 115 Å². The van der Waals surface area contributed by atoms with E-state index >= 15 is 0 Å². The first-order valence-electron chi connectivity index (χ1n) is 6.65. The summed E-state index contributed by atoms with van der Waals surface area (Å²) >= 11 is 0. The van der Waals surface area contributed by atoms with Crippen LogP contribution in [-0.4, -0.2) is 43.2 Å². The van der Waals surface area contributed by atoms with E-state index in [1.807, 2.05) is 4.90 Å². The minimum absolute atomic E-state index is 0.0277. The van der Waals surface area contributed by atoms with E-state index in [0.29, 0.717) is 32.0 Å². The summed E-state index contributed by atoms with van der Waals surface area (Å²) in [6, 6.07) is 3.83. The summed E-state index contributed by atoms with van der Waals surface area (Å²) in [5.41, 5.74) is 0.483. The van der Waals surface area contributed by atoms with Gasteiger partial charge in [0.05, 0.1) is 31.0 Å². The second-order valence-corrected chi connectivity index (χ2v) is 5.10. The molecule has 1 N–H and O–H groups in total. The summed E-state index contributed by atoms with van der Waals surface area (Å²) in [7, 11) is 0. The lowest BCUT2D eigenvalue weighted by Crippen LogP contribution is -2.49. The molecule has 20 heavy (non-hydrogen) atoms. The largest absolute Gasteiger partial charge is 0.478 e. The number of rotatable bonds is 2. The topological polar surface area (TPSA) is 59.0 Å². The summed E-state index contributed by atoms with van der Waals surface area (Å²) in [6.45, 7) is 2.30. The minimum Gasteiger partial charge on any atom is -0.478 e. The van der Waals surface area contributed by atoms with E-state index in [9.17, 15) is 14.3 Å². The number of ether oxygens (including phenoxy) is 2. The van der Waals surface area contributed by atoms with E-state index in [0.717, 1.165) is 18.9 Å². The fourth-order valence-corrected chi connectivity index (χ4v) is 2.88. The lowest BCUT2D eigenvalue weighted by molar-refractivity contribution is -0.161. The average Bonchev–Trinajstić information content (AvgIpc) is 2.86. The van der Waals surface area contributed by atoms with Crippen molar-refractivity contribution in [3.63, 3.8) is 0 Å². The second kappa shape index (κ2) is 5.03. The quantitative estimate of drug-likeness (QED) is 0.896. The van der Waals surface area contributed by atoms with Crippen molar-refractivity contribution in [3.05, 3.63) is 29.6 Å². The molecule has 2 heterocycles. The zero-order chi connectivity index (χ0) is 14.2. The van der Waals surface area contributed by atoms with Gasteiger partial charge in [-0.1, -0.05) is 0 Å². The highest BCUT2D eigenvalue weighted by molar-refractivity contribution is 5.94. The van der Waals surface area contributed by atoms with Gasteiger partial charge in [0.2, 0.25) is 0 Å². The molecule has 1 aromatic carbocycles. The fraction of sp³-hybridized carbons (Fsp3) is 0.500. The van der Waals surface area contributed by atoms with Gasteiger partial charge in [0.1, 0.15) is 5.82 Å². The second-order valence-electron chi connectivity index (χ2n) is 5.10. The van der Waals surface area contributed by atoms with E-state index in [4.69, 9.17) is 9.47 Å². The van der Waals surface area contributed by atoms with Gasteiger partial charge in [-0.3, -0.25) is 0 Å². The first-order chi connectivity index (χ1) is 9.60. The number of nitrogens with zero attached hydrogens (tertiary/aromatic N) is 1. The van der Waals surface area contributed by atoms with Crippen LogP contribution in [0.15, 0.2) is 18.2 Å². The first-order valence-corrected chi connectivity index (χ1v) is 6.65. The van der Waals surface area contributed by atoms with Crippen molar-refractivity contribution in [2.24, 2.45) is 0 Å². The Morgan fingerprint density at radius 1 is 1.35 bits per heavy atom. The molecule has 3 rings (SSSR count). The number of hydrogen-bond donors (Lipinski definition) is 1. The molecule has 0 radical (unpaired) electrons. The number of piperidine rings is 1. The molecule has 2 saturated heterocycles. The summed E-state index contributed by atoms with van der Waals surface area (Å²) in [6.07, 6.45) is 1.64. The molecular weight excluding hydrogens is 265 g/mol. The van der Waals surface area contributed by atoms with E-state index in [-0.39, 0.29) is 5.56 Å². The molecule has 2 fully saturated rings. The van der Waals surface area contributed by atoms with E-state index < -0.39 is 17.6 Å². The molecule has 0 saturated carbocycles. The highest BCUT2D eigenvalue weighted by atomic mass is 19.1. The monoisotopic (exact) mass is 281 g/mol. The van der Waals surface area contributed by atoms with E-state index in [1.165, 1.54) is 12.1 Å². The smallest absolute Gasteiger partial charge is 0.337 e. The van der Waals surface area contributed by atoms with Crippen LogP contribution < -0.4 is 4.90 Å². The Bertz CT molecular complexity index is 528. The molecule has 6 heteroatoms. The lowest BCUT2D eigenvalue weighted by atomic mass is 10.0. The van der Waals surface area contributed by atoms with Crippen LogP contribution in [0, 0.1) is 5.82 Å². The van der Waals surface area contributed by atoms with Crippen molar-refractivity contribution >= 4 is 11.7 Å². The first kappa shape index (κ1) is 13.3. The van der Waals surface area contributed by atoms with Gasteiger partial charge in [-0.25, -0.2) is 9.18 Å². The normalized spacial score (nSPS) is 21.4. The van der Waals surface area contributed by atoms with Gasteiger partial charge in [0.15, 0.2) is 5.79 Å². The van der Waals surface area contributed by atoms with Crippen LogP contribution in [-0.2, 0) is 9.47 Å². The molecule has 0 atom stereocenters. The van der Waals surface area contributed by atoms with Crippen molar-refractivity contribution in [1.82, 2.24) is 0 Å². The van der Waals surface area contributed by atoms with Crippen molar-refractivity contribution in [1.29, 1.82) is 0 Å². The number of benzene rings is 1. The lowest BCUT2D eigenvalue weighted by Gasteiger charge is -2.40. The maximum absolute atomic E-state index is 13.2. The number of carboxylic acids is 1. The van der Waals surface area contributed by atoms with Gasteiger partial charge in [0.25, 0.3) is 0 Å². The van der Waals surface area contributed by atoms with Gasteiger partial charge in [-0.05, 0) is 24.6 Å². The van der Waals surface area contributed by atoms with Crippen molar-refractivity contribution in [2.75, 3.05) is 31.2 Å². The molecule has 1 aromatic rings. The van der Waals surface area contributed by atoms with Gasteiger partial charge in [-0.15, -0.1) is 0 Å².